The lowest BCUT2D eigenvalue weighted by Gasteiger charge is -2.62. The summed E-state index contributed by atoms with van der Waals surface area (Å²) in [7, 11) is 0. The minimum atomic E-state index is -1.37. The summed E-state index contributed by atoms with van der Waals surface area (Å²) in [5.74, 6) is 1.49. The van der Waals surface area contributed by atoms with Gasteiger partial charge in [0.1, 0.15) is 24.6 Å². The average Bonchev–Trinajstić information content (AvgIpc) is 3.98. The number of halogens is 1. The molecule has 5 aliphatic carbocycles. The zero-order valence-corrected chi connectivity index (χ0v) is 36.0. The maximum atomic E-state index is 16.9. The molecular weight excluding hydrogens is 720 g/mol. The lowest BCUT2D eigenvalue weighted by Crippen LogP contribution is -2.70. The average molecular weight is 786 g/mol. The van der Waals surface area contributed by atoms with Crippen LogP contribution in [0.3, 0.4) is 0 Å². The number of hydrogen-bond acceptors (Lipinski definition) is 5. The van der Waals surface area contributed by atoms with Crippen molar-refractivity contribution in [2.75, 3.05) is 13.1 Å². The van der Waals surface area contributed by atoms with E-state index in [1.165, 1.54) is 18.9 Å². The van der Waals surface area contributed by atoms with Crippen molar-refractivity contribution in [1.82, 2.24) is 15.6 Å². The summed E-state index contributed by atoms with van der Waals surface area (Å²) in [6.07, 6.45) is 10.2. The van der Waals surface area contributed by atoms with Crippen molar-refractivity contribution in [2.45, 2.75) is 150 Å². The maximum absolute atomic E-state index is 16.9. The molecule has 5 saturated carbocycles. The predicted molar refractivity (Wildman–Crippen MR) is 224 cm³/mol. The van der Waals surface area contributed by atoms with Gasteiger partial charge in [-0.05, 0) is 132 Å². The molecule has 56 heavy (non-hydrogen) atoms. The standard InChI is InChI=1S/C46H65FN6O2S/c1-9-11-17-37-33(30-20-22-56-27-30)26-53(51-37,42(55)49-40-25-31-19-21-45(40,8)44(31,6)7)46(34-15-13-14-16-36(34)47)28-52(50-39(46)18-12-10-2)41(54)48-38-24-32-23-35(29(38)3)43(32,4)5/h13-16,20,22,27,29,31-33,35,38,40H,9-12,17-19,21,23-26,28H2,1-8H3,(H-,48,49,54,55)/p+1/t29-,31+,32+,33?,35-,38-,40-,45-,46?,53?/m0/s1. The topological polar surface area (TPSA) is 86.2 Å². The van der Waals surface area contributed by atoms with Crippen LogP contribution in [0, 0.1) is 45.7 Å². The van der Waals surface area contributed by atoms with E-state index in [1.807, 2.05) is 12.1 Å². The van der Waals surface area contributed by atoms with Crippen LogP contribution < -0.4 is 10.6 Å². The van der Waals surface area contributed by atoms with Gasteiger partial charge in [-0.2, -0.15) is 16.4 Å². The number of nitrogens with zero attached hydrogens (tertiary/aromatic N) is 4. The van der Waals surface area contributed by atoms with Crippen molar-refractivity contribution in [1.29, 1.82) is 0 Å². The molecule has 4 bridgehead atoms. The van der Waals surface area contributed by atoms with E-state index in [9.17, 15) is 4.79 Å². The zero-order chi connectivity index (χ0) is 39.8. The van der Waals surface area contributed by atoms with Crippen molar-refractivity contribution in [2.24, 2.45) is 50.1 Å². The predicted octanol–water partition coefficient (Wildman–Crippen LogP) is 10.8. The van der Waals surface area contributed by atoms with Gasteiger partial charge in [-0.3, -0.25) is 0 Å². The first-order valence-electron chi connectivity index (χ1n) is 21.9. The van der Waals surface area contributed by atoms with Crippen LogP contribution in [0.5, 0.6) is 0 Å². The molecule has 4 amide bonds. The van der Waals surface area contributed by atoms with Gasteiger partial charge < -0.3 is 10.6 Å². The van der Waals surface area contributed by atoms with E-state index in [0.717, 1.165) is 62.6 Å². The summed E-state index contributed by atoms with van der Waals surface area (Å²) in [4.78, 5) is 30.6. The fraction of sp³-hybridized carbons (Fsp3) is 0.696. The maximum Gasteiger partial charge on any atom is 0.444 e. The van der Waals surface area contributed by atoms with Gasteiger partial charge in [0.15, 0.2) is 0 Å². The number of hydrazone groups is 1. The number of benzene rings is 1. The molecule has 304 valence electrons. The molecule has 10 atom stereocenters. The lowest BCUT2D eigenvalue weighted by molar-refractivity contribution is -0.899. The quantitative estimate of drug-likeness (QED) is 0.222. The van der Waals surface area contributed by atoms with E-state index < -0.39 is 11.4 Å². The van der Waals surface area contributed by atoms with E-state index in [1.54, 1.807) is 22.4 Å². The van der Waals surface area contributed by atoms with Crippen LogP contribution in [0.4, 0.5) is 14.0 Å². The first kappa shape index (κ1) is 39.7. The van der Waals surface area contributed by atoms with Gasteiger partial charge in [0.2, 0.25) is 5.54 Å². The molecule has 3 unspecified atom stereocenters. The molecule has 8 nitrogen and oxygen atoms in total. The summed E-state index contributed by atoms with van der Waals surface area (Å²) in [5.41, 5.74) is 2.10. The zero-order valence-electron chi connectivity index (χ0n) is 35.2. The molecule has 7 aliphatic rings. The summed E-state index contributed by atoms with van der Waals surface area (Å²) < 4.78 is 16.6. The molecule has 3 heterocycles. The number of amides is 4. The van der Waals surface area contributed by atoms with Crippen molar-refractivity contribution in [3.63, 3.8) is 0 Å². The third-order valence-electron chi connectivity index (χ3n) is 17.0. The molecule has 2 aliphatic heterocycles. The summed E-state index contributed by atoms with van der Waals surface area (Å²) in [6.45, 7) is 18.8. The Morgan fingerprint density at radius 1 is 0.982 bits per heavy atom. The first-order valence-corrected chi connectivity index (χ1v) is 22.8. The monoisotopic (exact) mass is 785 g/mol. The molecule has 10 heteroatoms. The molecular formula is C46H66FN6O2S+. The summed E-state index contributed by atoms with van der Waals surface area (Å²) in [6, 6.07) is 8.58. The molecule has 1 aromatic carbocycles. The van der Waals surface area contributed by atoms with Crippen LogP contribution >= 0.6 is 11.3 Å². The third-order valence-corrected chi connectivity index (χ3v) is 17.7. The first-order chi connectivity index (χ1) is 26.6. The van der Waals surface area contributed by atoms with Crippen LogP contribution in [0.25, 0.3) is 0 Å². The minimum Gasteiger partial charge on any atom is -0.333 e. The van der Waals surface area contributed by atoms with Gasteiger partial charge in [0, 0.05) is 12.1 Å². The highest BCUT2D eigenvalue weighted by Crippen LogP contribution is 2.66. The van der Waals surface area contributed by atoms with Crippen LogP contribution in [-0.2, 0) is 5.54 Å². The van der Waals surface area contributed by atoms with Gasteiger partial charge in [0.05, 0.1) is 17.2 Å². The van der Waals surface area contributed by atoms with Gasteiger partial charge in [-0.1, -0.05) is 85.5 Å². The van der Waals surface area contributed by atoms with Crippen molar-refractivity contribution in [3.8, 4) is 0 Å². The number of unbranched alkanes of at least 4 members (excludes halogenated alkanes) is 2. The second-order valence-electron chi connectivity index (χ2n) is 19.9. The van der Waals surface area contributed by atoms with Crippen molar-refractivity contribution < 1.29 is 18.6 Å². The van der Waals surface area contributed by atoms with Crippen LogP contribution in [0.15, 0.2) is 51.3 Å². The highest BCUT2D eigenvalue weighted by Gasteiger charge is 2.71. The van der Waals surface area contributed by atoms with E-state index in [4.69, 9.17) is 10.2 Å². The molecule has 1 aromatic heterocycles. The number of fused-ring (bicyclic) bond motifs is 4. The SMILES string of the molecule is CCCCC1=N[N+](C(=O)N[C@H]2C[C@H]3CC[C@]2(C)C3(C)C)(C2(c3ccccc3F)CN(C(=O)N[C@H]3C[C@H]4C[C@@H]([C@@H]3C)C4(C)C)N=C2CCCC)CC1c1ccsc1. The Hall–Kier alpha value is -3.11. The van der Waals surface area contributed by atoms with Gasteiger partial charge in [0.25, 0.3) is 0 Å². The molecule has 0 saturated heterocycles. The second kappa shape index (κ2) is 14.3. The molecule has 2 aromatic rings. The highest BCUT2D eigenvalue weighted by molar-refractivity contribution is 7.08. The number of nitrogens with one attached hydrogen (secondary N) is 2. The van der Waals surface area contributed by atoms with E-state index in [-0.39, 0.29) is 57.4 Å². The third kappa shape index (κ3) is 5.79. The Morgan fingerprint density at radius 3 is 2.36 bits per heavy atom. The molecule has 5 fully saturated rings. The second-order valence-corrected chi connectivity index (χ2v) is 20.7. The van der Waals surface area contributed by atoms with Crippen LogP contribution in [-0.4, -0.2) is 58.3 Å². The molecule has 0 radical (unpaired) electrons. The van der Waals surface area contributed by atoms with Gasteiger partial charge in [-0.25, -0.2) is 19.0 Å². The minimum absolute atomic E-state index is 0.0304. The Morgan fingerprint density at radius 2 is 1.73 bits per heavy atom. The van der Waals surface area contributed by atoms with Crippen molar-refractivity contribution >= 4 is 34.8 Å². The number of carbonyl (C=O) groups is 2. The van der Waals surface area contributed by atoms with Gasteiger partial charge in [-0.15, -0.1) is 4.59 Å². The smallest absolute Gasteiger partial charge is 0.333 e. The molecule has 2 N–H and O–H groups in total. The Labute approximate surface area is 338 Å². The fourth-order valence-electron chi connectivity index (χ4n) is 12.7. The number of carbonyl (C=O) groups excluding carboxylic acids is 2. The Balaban J connectivity index is 1.26. The lowest BCUT2D eigenvalue weighted by atomic mass is 9.45. The highest BCUT2D eigenvalue weighted by atomic mass is 32.1. The Bertz CT molecular complexity index is 1890. The number of urea groups is 2. The normalized spacial score (nSPS) is 37.6. The summed E-state index contributed by atoms with van der Waals surface area (Å²) in [5, 5.41) is 23.8. The van der Waals surface area contributed by atoms with E-state index in [0.29, 0.717) is 47.9 Å². The van der Waals surface area contributed by atoms with Crippen LogP contribution in [0.1, 0.15) is 143 Å². The number of thiophene rings is 1. The Kier molecular flexibility index (Phi) is 10.1. The molecule has 9 rings (SSSR count). The number of hydrogen-bond donors (Lipinski definition) is 2. The summed E-state index contributed by atoms with van der Waals surface area (Å²) >= 11 is 1.65. The van der Waals surface area contributed by atoms with Gasteiger partial charge >= 0.3 is 12.1 Å². The van der Waals surface area contributed by atoms with Crippen molar-refractivity contribution in [3.05, 3.63) is 58.0 Å². The molecule has 0 spiro atoms. The number of rotatable bonds is 11. The number of quaternary nitrogens is 1. The van der Waals surface area contributed by atoms with Crippen LogP contribution in [0.2, 0.25) is 0 Å². The largest absolute Gasteiger partial charge is 0.444 e. The fourth-order valence-corrected chi connectivity index (χ4v) is 13.4. The van der Waals surface area contributed by atoms with E-state index >= 15 is 9.18 Å². The van der Waals surface area contributed by atoms with E-state index in [2.05, 4.69) is 82.8 Å².